The van der Waals surface area contributed by atoms with Crippen LogP contribution in [0.5, 0.6) is 11.5 Å². The van der Waals surface area contributed by atoms with Gasteiger partial charge in [-0.2, -0.15) is 0 Å². The molecule has 2 amide bonds. The van der Waals surface area contributed by atoms with E-state index in [-0.39, 0.29) is 36.0 Å². The first kappa shape index (κ1) is 40.2. The van der Waals surface area contributed by atoms with Crippen molar-refractivity contribution in [2.45, 2.75) is 130 Å². The fourth-order valence-corrected chi connectivity index (χ4v) is 5.66. The number of amides is 2. The molecule has 2 aromatic rings. The third kappa shape index (κ3) is 12.6. The summed E-state index contributed by atoms with van der Waals surface area (Å²) in [6, 6.07) is 10.5. The maximum atomic E-state index is 12.1. The Morgan fingerprint density at radius 2 is 1.10 bits per heavy atom. The Morgan fingerprint density at radius 3 is 1.46 bits per heavy atom. The van der Waals surface area contributed by atoms with Crippen LogP contribution in [-0.4, -0.2) is 76.5 Å². The van der Waals surface area contributed by atoms with E-state index in [0.717, 1.165) is 35.4 Å². The van der Waals surface area contributed by atoms with Gasteiger partial charge >= 0.3 is 12.2 Å². The number of carbonyl (C=O) groups is 2. The maximum Gasteiger partial charge on any atom is 0.410 e. The summed E-state index contributed by atoms with van der Waals surface area (Å²) in [6.45, 7) is 21.9. The lowest BCUT2D eigenvalue weighted by Gasteiger charge is -2.34. The number of carbonyl (C=O) groups excluding carboxylic acids is 2. The van der Waals surface area contributed by atoms with Crippen molar-refractivity contribution in [3.63, 3.8) is 0 Å². The number of non-ortho nitro benzene ring substituents is 1. The molecular weight excluding hydrogens is 640 g/mol. The molecule has 2 heterocycles. The molecule has 2 fully saturated rings. The van der Waals surface area contributed by atoms with Crippen molar-refractivity contribution in [2.24, 2.45) is 0 Å². The minimum atomic E-state index is -0.505. The van der Waals surface area contributed by atoms with Crippen LogP contribution in [0.25, 0.3) is 0 Å². The molecule has 12 heteroatoms. The second kappa shape index (κ2) is 17.1. The number of piperidine rings is 2. The van der Waals surface area contributed by atoms with Crippen LogP contribution in [0.3, 0.4) is 0 Å². The number of nitrogen functional groups attached to an aromatic ring is 1. The molecule has 0 saturated carbocycles. The van der Waals surface area contributed by atoms with E-state index in [1.807, 2.05) is 73.6 Å². The van der Waals surface area contributed by atoms with Crippen LogP contribution in [0, 0.1) is 10.1 Å². The molecule has 12 nitrogen and oxygen atoms in total. The van der Waals surface area contributed by atoms with Gasteiger partial charge in [-0.3, -0.25) is 10.1 Å². The summed E-state index contributed by atoms with van der Waals surface area (Å²) in [6.07, 6.45) is 2.58. The van der Waals surface area contributed by atoms with Gasteiger partial charge in [0, 0.05) is 75.2 Å². The van der Waals surface area contributed by atoms with Gasteiger partial charge in [-0.15, -0.1) is 0 Å². The molecule has 2 saturated heterocycles. The Kier molecular flexibility index (Phi) is 13.8. The minimum Gasteiger partial charge on any atom is -0.490 e. The standard InChI is InChI=1S/C19H28N2O5.C19H30N2O3/c1-13(2)16-12-14(21(23)24)6-7-17(16)25-15-8-10-20(11-9-15)18(22)26-19(3,4)5;1-13(2)16-12-14(20)6-7-17(16)23-15-8-10-21(11-9-15)18(22)24-19(3,4)5/h6-7,12-13,15H,8-11H2,1-5H3;6-7,12-13,15H,8-11,20H2,1-5H3. The summed E-state index contributed by atoms with van der Waals surface area (Å²) < 4.78 is 23.1. The molecule has 2 aliphatic rings. The second-order valence-corrected chi connectivity index (χ2v) is 15.7. The smallest absolute Gasteiger partial charge is 0.410 e. The molecule has 4 rings (SSSR count). The molecule has 50 heavy (non-hydrogen) atoms. The van der Waals surface area contributed by atoms with Crippen LogP contribution in [0.1, 0.15) is 118 Å². The maximum absolute atomic E-state index is 12.1. The Morgan fingerprint density at radius 1 is 0.720 bits per heavy atom. The van der Waals surface area contributed by atoms with Crippen molar-refractivity contribution in [2.75, 3.05) is 31.9 Å². The summed E-state index contributed by atoms with van der Waals surface area (Å²) in [7, 11) is 0. The van der Waals surface area contributed by atoms with Crippen LogP contribution >= 0.6 is 0 Å². The van der Waals surface area contributed by atoms with Crippen LogP contribution < -0.4 is 15.2 Å². The van der Waals surface area contributed by atoms with Gasteiger partial charge in [-0.1, -0.05) is 27.7 Å². The van der Waals surface area contributed by atoms with E-state index in [1.54, 1.807) is 21.9 Å². The van der Waals surface area contributed by atoms with Crippen molar-refractivity contribution in [1.82, 2.24) is 9.80 Å². The monoisotopic (exact) mass is 698 g/mol. The number of anilines is 1. The van der Waals surface area contributed by atoms with Crippen LogP contribution in [-0.2, 0) is 9.47 Å². The highest BCUT2D eigenvalue weighted by Crippen LogP contribution is 2.33. The zero-order valence-corrected chi connectivity index (χ0v) is 31.6. The fraction of sp³-hybridized carbons (Fsp3) is 0.632. The quantitative estimate of drug-likeness (QED) is 0.170. The van der Waals surface area contributed by atoms with Crippen LogP contribution in [0.15, 0.2) is 36.4 Å². The van der Waals surface area contributed by atoms with Crippen molar-refractivity contribution in [3.05, 3.63) is 57.6 Å². The van der Waals surface area contributed by atoms with Gasteiger partial charge in [-0.25, -0.2) is 9.59 Å². The number of hydrogen-bond donors (Lipinski definition) is 1. The van der Waals surface area contributed by atoms with Gasteiger partial charge in [0.25, 0.3) is 5.69 Å². The number of nitrogens with zero attached hydrogens (tertiary/aromatic N) is 3. The number of benzene rings is 2. The Balaban J connectivity index is 0.000000271. The molecule has 2 aromatic carbocycles. The predicted octanol–water partition coefficient (Wildman–Crippen LogP) is 8.67. The Bertz CT molecular complexity index is 1450. The van der Waals surface area contributed by atoms with E-state index < -0.39 is 16.1 Å². The van der Waals surface area contributed by atoms with E-state index >= 15 is 0 Å². The molecule has 0 aliphatic carbocycles. The lowest BCUT2D eigenvalue weighted by atomic mass is 10.0. The average molecular weight is 699 g/mol. The topological polar surface area (TPSA) is 147 Å². The number of hydrogen-bond acceptors (Lipinski definition) is 9. The molecule has 0 radical (unpaired) electrons. The van der Waals surface area contributed by atoms with E-state index in [0.29, 0.717) is 50.7 Å². The Hall–Kier alpha value is -4.22. The van der Waals surface area contributed by atoms with Crippen molar-refractivity contribution in [3.8, 4) is 11.5 Å². The number of nitro groups is 1. The van der Waals surface area contributed by atoms with Gasteiger partial charge in [0.2, 0.25) is 0 Å². The van der Waals surface area contributed by atoms with Gasteiger partial charge < -0.3 is 34.5 Å². The van der Waals surface area contributed by atoms with Gasteiger partial charge in [0.15, 0.2) is 0 Å². The number of nitrogens with two attached hydrogens (primary N) is 1. The minimum absolute atomic E-state index is 0.0207. The van der Waals surface area contributed by atoms with Gasteiger partial charge in [0.1, 0.15) is 34.9 Å². The molecule has 0 spiro atoms. The summed E-state index contributed by atoms with van der Waals surface area (Å²) >= 11 is 0. The first-order valence-electron chi connectivity index (χ1n) is 17.7. The number of likely N-dealkylation sites (tertiary alicyclic amines) is 2. The summed E-state index contributed by atoms with van der Waals surface area (Å²) in [5.74, 6) is 2.05. The molecular formula is C38H58N4O8. The molecule has 278 valence electrons. The van der Waals surface area contributed by atoms with Crippen molar-refractivity contribution in [1.29, 1.82) is 0 Å². The normalized spacial score (nSPS) is 16.1. The summed E-state index contributed by atoms with van der Waals surface area (Å²) in [5.41, 5.74) is 7.71. The molecule has 2 N–H and O–H groups in total. The SMILES string of the molecule is CC(C)c1cc(N)ccc1OC1CCN(C(=O)OC(C)(C)C)CC1.CC(C)c1cc([N+](=O)[O-])ccc1OC1CCN(C(=O)OC(C)(C)C)CC1. The van der Waals surface area contributed by atoms with E-state index in [1.165, 1.54) is 6.07 Å². The molecule has 0 unspecified atom stereocenters. The number of rotatable bonds is 7. The summed E-state index contributed by atoms with van der Waals surface area (Å²) in [4.78, 5) is 38.3. The molecule has 0 atom stereocenters. The molecule has 0 aromatic heterocycles. The third-order valence-electron chi connectivity index (χ3n) is 8.26. The van der Waals surface area contributed by atoms with Crippen molar-refractivity contribution < 1.29 is 33.5 Å². The first-order valence-corrected chi connectivity index (χ1v) is 17.7. The zero-order valence-electron chi connectivity index (χ0n) is 31.6. The van der Waals surface area contributed by atoms with Crippen molar-refractivity contribution >= 4 is 23.6 Å². The number of nitro benzene ring substituents is 1. The number of ether oxygens (including phenoxy) is 4. The van der Waals surface area contributed by atoms with E-state index in [2.05, 4.69) is 13.8 Å². The Labute approximate surface area is 297 Å². The molecule has 0 bridgehead atoms. The lowest BCUT2D eigenvalue weighted by Crippen LogP contribution is -2.44. The highest BCUT2D eigenvalue weighted by Gasteiger charge is 2.30. The lowest BCUT2D eigenvalue weighted by molar-refractivity contribution is -0.385. The van der Waals surface area contributed by atoms with Gasteiger partial charge in [0.05, 0.1) is 4.92 Å². The first-order chi connectivity index (χ1) is 23.2. The van der Waals surface area contributed by atoms with Crippen LogP contribution in [0.2, 0.25) is 0 Å². The fourth-order valence-electron chi connectivity index (χ4n) is 5.66. The summed E-state index contributed by atoms with van der Waals surface area (Å²) in [5, 5.41) is 11.0. The predicted molar refractivity (Wildman–Crippen MR) is 195 cm³/mol. The largest absolute Gasteiger partial charge is 0.490 e. The highest BCUT2D eigenvalue weighted by molar-refractivity contribution is 5.68. The molecule has 2 aliphatic heterocycles. The van der Waals surface area contributed by atoms with Gasteiger partial charge in [-0.05, 0) is 83.2 Å². The third-order valence-corrected chi connectivity index (χ3v) is 8.26. The van der Waals surface area contributed by atoms with E-state index in [4.69, 9.17) is 24.7 Å². The van der Waals surface area contributed by atoms with E-state index in [9.17, 15) is 19.7 Å². The zero-order chi connectivity index (χ0) is 37.4. The average Bonchev–Trinajstić information content (AvgIpc) is 3.01. The highest BCUT2D eigenvalue weighted by atomic mass is 16.6. The van der Waals surface area contributed by atoms with Crippen LogP contribution in [0.4, 0.5) is 21.0 Å². The second-order valence-electron chi connectivity index (χ2n) is 15.7.